The number of carbonyl (C=O) groups excluding carboxylic acids is 9. The number of halogens is 2. The van der Waals surface area contributed by atoms with Gasteiger partial charge in [0.1, 0.15) is 53.3 Å². The molecule has 3 aromatic rings. The fourth-order valence-electron chi connectivity index (χ4n) is 10.0. The Hall–Kier alpha value is -8.18. The minimum absolute atomic E-state index is 0.0500. The van der Waals surface area contributed by atoms with Gasteiger partial charge in [-0.2, -0.15) is 0 Å². The van der Waals surface area contributed by atoms with Crippen molar-refractivity contribution in [3.05, 3.63) is 107 Å². The zero-order valence-corrected chi connectivity index (χ0v) is 64.7. The number of hydrogen-bond acceptors (Lipinski definition) is 17. The number of aliphatic carboxylic acids is 1. The average Bonchev–Trinajstić information content (AvgIpc) is 0.825. The minimum Gasteiger partial charge on any atom is -0.479 e. The molecule has 566 valence electrons. The van der Waals surface area contributed by atoms with E-state index in [-0.39, 0.29) is 55.0 Å². The van der Waals surface area contributed by atoms with E-state index in [9.17, 15) is 57.4 Å². The zero-order chi connectivity index (χ0) is 77.8. The van der Waals surface area contributed by atoms with Crippen LogP contribution in [0.25, 0.3) is 0 Å². The molecule has 3 aromatic carbocycles. The summed E-state index contributed by atoms with van der Waals surface area (Å²) >= 11 is 0. The summed E-state index contributed by atoms with van der Waals surface area (Å²) in [6.07, 6.45) is -8.19. The number of benzene rings is 3. The maximum Gasteiger partial charge on any atom is 0.410 e. The van der Waals surface area contributed by atoms with Crippen LogP contribution in [0.4, 0.5) is 18.4 Å². The summed E-state index contributed by atoms with van der Waals surface area (Å²) in [5, 5.41) is 9.25. The van der Waals surface area contributed by atoms with Crippen LogP contribution in [0.2, 0.25) is 0 Å². The summed E-state index contributed by atoms with van der Waals surface area (Å²) in [4.78, 5) is 137. The smallest absolute Gasteiger partial charge is 0.410 e. The van der Waals surface area contributed by atoms with Gasteiger partial charge in [0.15, 0.2) is 24.4 Å². The van der Waals surface area contributed by atoms with Crippen molar-refractivity contribution in [1.29, 1.82) is 0 Å². The summed E-state index contributed by atoms with van der Waals surface area (Å²) in [5.41, 5.74) is -1.75. The van der Waals surface area contributed by atoms with E-state index in [2.05, 4.69) is 41.5 Å². The summed E-state index contributed by atoms with van der Waals surface area (Å²) in [7, 11) is 5.38. The fraction of sp³-hybridized carbons (Fsp3) is 0.636. The number of amides is 4. The van der Waals surface area contributed by atoms with Gasteiger partial charge in [0.05, 0.1) is 0 Å². The lowest BCUT2D eigenvalue weighted by molar-refractivity contribution is -0.175. The van der Waals surface area contributed by atoms with Gasteiger partial charge in [-0.15, -0.1) is 0 Å². The molecule has 8 atom stereocenters. The highest BCUT2D eigenvalue weighted by molar-refractivity contribution is 5.92. The fourth-order valence-corrected chi connectivity index (χ4v) is 10.0. The SMILES string of the molecule is CC(C)C[C@@H](C(=O)O[C@H](Cc1ccc(C(C)(C)C)cc1)C(=O)N(C)[C@@H](CC(C)(C)F)C(=O)O[C@H](C)C(=O)O)N(C)C(=O)OC(C)(C)C.CC(C)C[C@@H](C(=O)O[C@H](Cc1ccc(C(C)(C)C)cc1)C(=O)N(C)[C@@H](CC(C)(C)F)C(=O)O[C@H](C)C(=O)OCc1ccccc1)N(C)C(=O)OC(C)(C)C. The Morgan fingerprint density at radius 2 is 0.723 bits per heavy atom. The summed E-state index contributed by atoms with van der Waals surface area (Å²) in [6, 6.07) is 18.6. The predicted octanol–water partition coefficient (Wildman–Crippen LogP) is 13.1. The molecule has 1 N–H and O–H groups in total. The van der Waals surface area contributed by atoms with Gasteiger partial charge in [-0.05, 0) is 146 Å². The summed E-state index contributed by atoms with van der Waals surface area (Å²) in [6.45, 7) is 37.4. The number of carboxylic acids is 1. The molecule has 0 aliphatic rings. The van der Waals surface area contributed by atoms with Crippen LogP contribution in [0.5, 0.6) is 0 Å². The third kappa shape index (κ3) is 31.7. The molecule has 24 heteroatoms. The molecule has 0 bridgehead atoms. The van der Waals surface area contributed by atoms with Gasteiger partial charge >= 0.3 is 48.0 Å². The van der Waals surface area contributed by atoms with Crippen molar-refractivity contribution in [2.75, 3.05) is 28.2 Å². The van der Waals surface area contributed by atoms with Crippen LogP contribution < -0.4 is 0 Å². The molecule has 22 nitrogen and oxygen atoms in total. The van der Waals surface area contributed by atoms with E-state index < -0.39 is 144 Å². The number of hydrogen-bond donors (Lipinski definition) is 1. The first kappa shape index (κ1) is 88.9. The summed E-state index contributed by atoms with van der Waals surface area (Å²) in [5.74, 6) is -7.87. The highest BCUT2D eigenvalue weighted by Crippen LogP contribution is 2.29. The monoisotopic (exact) mass is 1420 g/mol. The number of esters is 5. The van der Waals surface area contributed by atoms with Crippen molar-refractivity contribution >= 4 is 59.8 Å². The Morgan fingerprint density at radius 3 is 1.01 bits per heavy atom. The van der Waals surface area contributed by atoms with Crippen molar-refractivity contribution in [2.45, 2.75) is 279 Å². The standard InChI is InChI=1S/C42H61FN2O9.C35H55FN2O9/c1-27(2)23-32(45(13)39(50)54-41(7,8)9)37(48)53-34(24-29-19-21-31(22-20-29)40(4,5)6)35(46)44(12)33(25-42(10,11)43)38(49)52-28(3)36(47)51-26-30-17-15-14-16-18-30;1-21(2)18-25(38(13)32(44)47-34(7,8)9)30(42)46-27(19-23-14-16-24(17-15-23)33(4,5)6)28(39)37(12)26(20-35(10,11)36)31(43)45-22(3)29(40)41/h14-22,27-28,32-34H,23-26H2,1-13H3;14-17,21-22,25-27H,18-20H2,1-13H3,(H,40,41)/t28-,32+,33+,34-;22-,25+,26+,27-/m11/s1. The zero-order valence-electron chi connectivity index (χ0n) is 64.7. The first-order valence-electron chi connectivity index (χ1n) is 34.3. The maximum absolute atomic E-state index is 15.3. The molecule has 0 aromatic heterocycles. The number of likely N-dealkylation sites (N-methyl/N-ethyl adjacent to an activating group) is 4. The van der Waals surface area contributed by atoms with E-state index in [0.717, 1.165) is 43.2 Å². The maximum atomic E-state index is 15.3. The molecule has 0 fully saturated rings. The van der Waals surface area contributed by atoms with Gasteiger partial charge in [0.2, 0.25) is 0 Å². The van der Waals surface area contributed by atoms with E-state index in [4.69, 9.17) is 33.2 Å². The van der Waals surface area contributed by atoms with Crippen molar-refractivity contribution < 1.29 is 95.0 Å². The molecule has 0 aliphatic carbocycles. The summed E-state index contributed by atoms with van der Waals surface area (Å²) < 4.78 is 68.7. The van der Waals surface area contributed by atoms with E-state index >= 15 is 4.39 Å². The topological polar surface area (TPSA) is 268 Å². The van der Waals surface area contributed by atoms with Crippen molar-refractivity contribution in [1.82, 2.24) is 19.6 Å². The van der Waals surface area contributed by atoms with Crippen molar-refractivity contribution in [3.8, 4) is 0 Å². The number of alkyl halides is 2. The van der Waals surface area contributed by atoms with Gasteiger partial charge in [0.25, 0.3) is 11.8 Å². The first-order valence-corrected chi connectivity index (χ1v) is 34.3. The Kier molecular flexibility index (Phi) is 33.1. The van der Waals surface area contributed by atoms with E-state index in [1.807, 2.05) is 70.2 Å². The van der Waals surface area contributed by atoms with Gasteiger partial charge < -0.3 is 48.1 Å². The molecule has 3 rings (SSSR count). The van der Waals surface area contributed by atoms with Crippen LogP contribution in [0.3, 0.4) is 0 Å². The number of rotatable bonds is 30. The first-order chi connectivity index (χ1) is 46.0. The highest BCUT2D eigenvalue weighted by Gasteiger charge is 2.44. The Balaban J connectivity index is 0.000000694. The number of nitrogens with zero attached hydrogens (tertiary/aromatic N) is 4. The van der Waals surface area contributed by atoms with E-state index in [1.165, 1.54) is 62.8 Å². The van der Waals surface area contributed by atoms with Gasteiger partial charge in [-0.25, -0.2) is 47.1 Å². The van der Waals surface area contributed by atoms with Crippen LogP contribution in [0.1, 0.15) is 206 Å². The molecule has 0 saturated carbocycles. The number of ether oxygens (including phenoxy) is 7. The number of carbonyl (C=O) groups is 10. The van der Waals surface area contributed by atoms with Crippen LogP contribution in [0.15, 0.2) is 78.9 Å². The quantitative estimate of drug-likeness (QED) is 0.0480. The third-order valence-corrected chi connectivity index (χ3v) is 15.8. The number of carboxylic acid groups (broad SMARTS) is 1. The minimum atomic E-state index is -1.96. The molecule has 101 heavy (non-hydrogen) atoms. The Labute approximate surface area is 598 Å². The third-order valence-electron chi connectivity index (χ3n) is 15.8. The largest absolute Gasteiger partial charge is 0.479 e. The lowest BCUT2D eigenvalue weighted by Crippen LogP contribution is -2.53. The van der Waals surface area contributed by atoms with E-state index in [1.54, 1.807) is 77.9 Å². The Bertz CT molecular complexity index is 3230. The molecule has 0 spiro atoms. The van der Waals surface area contributed by atoms with Crippen LogP contribution in [-0.2, 0) is 102 Å². The van der Waals surface area contributed by atoms with Crippen LogP contribution >= 0.6 is 0 Å². The second kappa shape index (κ2) is 37.7. The van der Waals surface area contributed by atoms with Gasteiger partial charge in [0, 0.05) is 53.9 Å². The molecule has 0 unspecified atom stereocenters. The molecular weight excluding hydrogens is 1310 g/mol. The van der Waals surface area contributed by atoms with Crippen molar-refractivity contribution in [3.63, 3.8) is 0 Å². The van der Waals surface area contributed by atoms with Crippen LogP contribution in [0, 0.1) is 11.8 Å². The second-order valence-corrected chi connectivity index (χ2v) is 32.0. The lowest BCUT2D eigenvalue weighted by Gasteiger charge is -2.34. The normalized spacial score (nSPS) is 14.5. The van der Waals surface area contributed by atoms with Crippen molar-refractivity contribution in [2.24, 2.45) is 11.8 Å². The predicted molar refractivity (Wildman–Crippen MR) is 380 cm³/mol. The molecule has 0 saturated heterocycles. The molecule has 0 aliphatic heterocycles. The van der Waals surface area contributed by atoms with E-state index in [0.29, 0.717) is 11.1 Å². The molecule has 4 amide bonds. The molecule has 0 radical (unpaired) electrons. The van der Waals surface area contributed by atoms with Gasteiger partial charge in [-0.1, -0.05) is 148 Å². The average molecular weight is 1420 g/mol. The highest BCUT2D eigenvalue weighted by atomic mass is 19.1. The van der Waals surface area contributed by atoms with Gasteiger partial charge in [-0.3, -0.25) is 19.4 Å². The Morgan fingerprint density at radius 1 is 0.406 bits per heavy atom. The van der Waals surface area contributed by atoms with Crippen LogP contribution in [-0.4, -0.2) is 184 Å². The molecular formula is C77H116F2N4O18. The second-order valence-electron chi connectivity index (χ2n) is 32.0. The lowest BCUT2D eigenvalue weighted by atomic mass is 9.86. The molecule has 0 heterocycles.